The summed E-state index contributed by atoms with van der Waals surface area (Å²) in [6, 6.07) is 0.145. The average Bonchev–Trinajstić information content (AvgIpc) is 2.59. The number of carbonyl (C=O) groups is 1. The van der Waals surface area contributed by atoms with Crippen LogP contribution >= 0.6 is 0 Å². The zero-order valence-electron chi connectivity index (χ0n) is 10.4. The Bertz CT molecular complexity index is 467. The van der Waals surface area contributed by atoms with Crippen LogP contribution < -0.4 is 10.2 Å². The lowest BCUT2D eigenvalue weighted by Crippen LogP contribution is -2.51. The van der Waals surface area contributed by atoms with Crippen LogP contribution in [0, 0.1) is 11.7 Å². The molecule has 19 heavy (non-hydrogen) atoms. The Labute approximate surface area is 110 Å². The lowest BCUT2D eigenvalue weighted by molar-refractivity contribution is -0.124. The molecular formula is C12H15FN4O2. The Morgan fingerprint density at radius 3 is 3.00 bits per heavy atom. The van der Waals surface area contributed by atoms with E-state index >= 15 is 0 Å². The number of anilines is 1. The minimum absolute atomic E-state index is 0.0565. The summed E-state index contributed by atoms with van der Waals surface area (Å²) in [5.41, 5.74) is 0. The van der Waals surface area contributed by atoms with E-state index in [1.807, 2.05) is 4.90 Å². The van der Waals surface area contributed by atoms with Crippen LogP contribution in [0.25, 0.3) is 0 Å². The van der Waals surface area contributed by atoms with Crippen LogP contribution in [0.2, 0.25) is 0 Å². The number of halogens is 1. The fraction of sp³-hybridized carbons (Fsp3) is 0.583. The molecule has 6 nitrogen and oxygen atoms in total. The van der Waals surface area contributed by atoms with Gasteiger partial charge in [-0.1, -0.05) is 0 Å². The molecule has 0 aliphatic carbocycles. The van der Waals surface area contributed by atoms with Gasteiger partial charge in [-0.3, -0.25) is 4.79 Å². The Hall–Kier alpha value is -1.76. The number of amides is 1. The molecule has 2 aliphatic rings. The van der Waals surface area contributed by atoms with E-state index in [4.69, 9.17) is 4.74 Å². The predicted octanol–water partition coefficient (Wildman–Crippen LogP) is -0.0430. The zero-order chi connectivity index (χ0) is 13.2. The van der Waals surface area contributed by atoms with Crippen molar-refractivity contribution >= 4 is 11.9 Å². The van der Waals surface area contributed by atoms with Crippen LogP contribution in [-0.2, 0) is 9.53 Å². The number of nitrogens with one attached hydrogen (secondary N) is 1. The van der Waals surface area contributed by atoms with Gasteiger partial charge in [-0.2, -0.15) is 0 Å². The summed E-state index contributed by atoms with van der Waals surface area (Å²) in [6.45, 7) is 2.12. The Kier molecular flexibility index (Phi) is 3.29. The summed E-state index contributed by atoms with van der Waals surface area (Å²) in [6.07, 6.45) is 3.15. The van der Waals surface area contributed by atoms with E-state index in [2.05, 4.69) is 15.3 Å². The van der Waals surface area contributed by atoms with Gasteiger partial charge in [0.15, 0.2) is 5.82 Å². The van der Waals surface area contributed by atoms with Crippen LogP contribution in [0.5, 0.6) is 0 Å². The first-order valence-corrected chi connectivity index (χ1v) is 6.32. The molecule has 0 aromatic carbocycles. The molecular weight excluding hydrogens is 251 g/mol. The lowest BCUT2D eigenvalue weighted by atomic mass is 9.93. The number of fused-ring (bicyclic) bond motifs is 1. The standard InChI is InChI=1S/C12H15FN4O2/c13-9-3-14-12(15-4-9)17-2-1-10-8(5-17)6-19-7-11(18)16-10/h3-4,8,10H,1-2,5-7H2,(H,16,18). The lowest BCUT2D eigenvalue weighted by Gasteiger charge is -2.37. The van der Waals surface area contributed by atoms with E-state index in [0.29, 0.717) is 19.1 Å². The first-order chi connectivity index (χ1) is 9.22. The largest absolute Gasteiger partial charge is 0.371 e. The number of aromatic nitrogens is 2. The molecule has 1 aromatic heterocycles. The van der Waals surface area contributed by atoms with Crippen molar-refractivity contribution in [3.8, 4) is 0 Å². The number of nitrogens with zero attached hydrogens (tertiary/aromatic N) is 3. The number of carbonyl (C=O) groups excluding carboxylic acids is 1. The molecule has 3 rings (SSSR count). The van der Waals surface area contributed by atoms with E-state index in [1.165, 1.54) is 12.4 Å². The van der Waals surface area contributed by atoms with Gasteiger partial charge in [0, 0.05) is 25.0 Å². The molecule has 3 heterocycles. The van der Waals surface area contributed by atoms with Gasteiger partial charge in [0.1, 0.15) is 6.61 Å². The minimum Gasteiger partial charge on any atom is -0.371 e. The summed E-state index contributed by atoms with van der Waals surface area (Å²) in [5, 5.41) is 2.97. The minimum atomic E-state index is -0.441. The fourth-order valence-corrected chi connectivity index (χ4v) is 2.59. The van der Waals surface area contributed by atoms with Gasteiger partial charge in [0.05, 0.1) is 19.0 Å². The summed E-state index contributed by atoms with van der Waals surface area (Å²) in [5.74, 6) is 0.243. The van der Waals surface area contributed by atoms with E-state index in [9.17, 15) is 9.18 Å². The van der Waals surface area contributed by atoms with Crippen LogP contribution in [0.4, 0.5) is 10.3 Å². The summed E-state index contributed by atoms with van der Waals surface area (Å²) in [4.78, 5) is 21.4. The van der Waals surface area contributed by atoms with Crippen LogP contribution in [-0.4, -0.2) is 48.2 Å². The molecule has 7 heteroatoms. The van der Waals surface area contributed by atoms with E-state index in [1.54, 1.807) is 0 Å². The van der Waals surface area contributed by atoms with Crippen LogP contribution in [0.3, 0.4) is 0 Å². The van der Waals surface area contributed by atoms with Gasteiger partial charge in [-0.15, -0.1) is 0 Å². The molecule has 1 N–H and O–H groups in total. The average molecular weight is 266 g/mol. The number of piperidine rings is 1. The topological polar surface area (TPSA) is 67.3 Å². The zero-order valence-corrected chi connectivity index (χ0v) is 10.4. The van der Waals surface area contributed by atoms with Crippen molar-refractivity contribution in [3.63, 3.8) is 0 Å². The number of hydrogen-bond acceptors (Lipinski definition) is 5. The maximum absolute atomic E-state index is 12.8. The highest BCUT2D eigenvalue weighted by molar-refractivity contribution is 5.77. The molecule has 2 atom stereocenters. The third kappa shape index (κ3) is 2.65. The third-order valence-corrected chi connectivity index (χ3v) is 3.53. The van der Waals surface area contributed by atoms with E-state index in [-0.39, 0.29) is 24.5 Å². The monoisotopic (exact) mass is 266 g/mol. The van der Waals surface area contributed by atoms with Crippen molar-refractivity contribution in [1.29, 1.82) is 0 Å². The van der Waals surface area contributed by atoms with Crippen LogP contribution in [0.1, 0.15) is 6.42 Å². The summed E-state index contributed by atoms with van der Waals surface area (Å²) in [7, 11) is 0. The SMILES string of the molecule is O=C1COCC2CN(c3ncc(F)cn3)CCC2N1. The maximum atomic E-state index is 12.8. The van der Waals surface area contributed by atoms with E-state index in [0.717, 1.165) is 13.0 Å². The molecule has 0 bridgehead atoms. The molecule has 0 spiro atoms. The van der Waals surface area contributed by atoms with Gasteiger partial charge in [0.25, 0.3) is 0 Å². The highest BCUT2D eigenvalue weighted by Crippen LogP contribution is 2.22. The van der Waals surface area contributed by atoms with Gasteiger partial charge in [-0.05, 0) is 6.42 Å². The van der Waals surface area contributed by atoms with Gasteiger partial charge in [-0.25, -0.2) is 14.4 Å². The van der Waals surface area contributed by atoms with Crippen molar-refractivity contribution in [1.82, 2.24) is 15.3 Å². The summed E-state index contributed by atoms with van der Waals surface area (Å²) >= 11 is 0. The molecule has 1 aromatic rings. The smallest absolute Gasteiger partial charge is 0.246 e. The Balaban J connectivity index is 1.71. The Morgan fingerprint density at radius 1 is 1.42 bits per heavy atom. The molecule has 2 fully saturated rings. The number of ether oxygens (including phenoxy) is 1. The fourth-order valence-electron chi connectivity index (χ4n) is 2.59. The summed E-state index contributed by atoms with van der Waals surface area (Å²) < 4.78 is 18.1. The second-order valence-corrected chi connectivity index (χ2v) is 4.89. The first-order valence-electron chi connectivity index (χ1n) is 6.32. The first kappa shape index (κ1) is 12.3. The number of rotatable bonds is 1. The molecule has 2 saturated heterocycles. The molecule has 1 amide bonds. The van der Waals surface area contributed by atoms with Gasteiger partial charge >= 0.3 is 0 Å². The second-order valence-electron chi connectivity index (χ2n) is 4.89. The third-order valence-electron chi connectivity index (χ3n) is 3.53. The van der Waals surface area contributed by atoms with Crippen molar-refractivity contribution < 1.29 is 13.9 Å². The molecule has 0 saturated carbocycles. The van der Waals surface area contributed by atoms with Crippen molar-refractivity contribution in [3.05, 3.63) is 18.2 Å². The highest BCUT2D eigenvalue weighted by Gasteiger charge is 2.33. The Morgan fingerprint density at radius 2 is 2.21 bits per heavy atom. The van der Waals surface area contributed by atoms with Gasteiger partial charge < -0.3 is 15.0 Å². The second kappa shape index (κ2) is 5.08. The van der Waals surface area contributed by atoms with E-state index < -0.39 is 5.82 Å². The normalized spacial score (nSPS) is 27.4. The van der Waals surface area contributed by atoms with Crippen molar-refractivity contribution in [2.45, 2.75) is 12.5 Å². The highest BCUT2D eigenvalue weighted by atomic mass is 19.1. The van der Waals surface area contributed by atoms with Crippen molar-refractivity contribution in [2.24, 2.45) is 5.92 Å². The molecule has 102 valence electrons. The van der Waals surface area contributed by atoms with Crippen LogP contribution in [0.15, 0.2) is 12.4 Å². The molecule has 2 unspecified atom stereocenters. The quantitative estimate of drug-likeness (QED) is 0.772. The van der Waals surface area contributed by atoms with Crippen molar-refractivity contribution in [2.75, 3.05) is 31.2 Å². The predicted molar refractivity (Wildman–Crippen MR) is 65.1 cm³/mol. The molecule has 2 aliphatic heterocycles. The van der Waals surface area contributed by atoms with Gasteiger partial charge in [0.2, 0.25) is 11.9 Å². The maximum Gasteiger partial charge on any atom is 0.246 e. The molecule has 0 radical (unpaired) electrons. The number of hydrogen-bond donors (Lipinski definition) is 1.